The highest BCUT2D eigenvalue weighted by Gasteiger charge is 2.40. The van der Waals surface area contributed by atoms with E-state index in [9.17, 15) is 5.11 Å². The molecule has 0 aliphatic carbocycles. The number of hydrogen-bond acceptors (Lipinski definition) is 2. The molecule has 0 aromatic heterocycles. The van der Waals surface area contributed by atoms with Crippen molar-refractivity contribution in [3.63, 3.8) is 0 Å². The summed E-state index contributed by atoms with van der Waals surface area (Å²) < 4.78 is 0. The molecule has 22 heavy (non-hydrogen) atoms. The standard InChI is InChI=1S/C20H31NO/c1-8-19(4,5)17(18(22)20(6,7)9-2)21-15(3)16-13-11-10-12-14-16/h8-15,17-18,21-22H,1-2H2,3-7H3/t15-,17-,18-/m0/s1. The van der Waals surface area contributed by atoms with Gasteiger partial charge in [-0.25, -0.2) is 0 Å². The Morgan fingerprint density at radius 3 is 1.95 bits per heavy atom. The molecule has 0 amide bonds. The lowest BCUT2D eigenvalue weighted by molar-refractivity contribution is 0.00996. The van der Waals surface area contributed by atoms with E-state index in [2.05, 4.69) is 51.4 Å². The van der Waals surface area contributed by atoms with Crippen molar-refractivity contribution in [1.82, 2.24) is 5.32 Å². The van der Waals surface area contributed by atoms with Crippen molar-refractivity contribution in [2.75, 3.05) is 0 Å². The summed E-state index contributed by atoms with van der Waals surface area (Å²) in [5.74, 6) is 0. The molecule has 0 aliphatic rings. The Bertz CT molecular complexity index is 490. The first-order valence-corrected chi connectivity index (χ1v) is 7.92. The summed E-state index contributed by atoms with van der Waals surface area (Å²) >= 11 is 0. The number of hydrogen-bond donors (Lipinski definition) is 2. The van der Waals surface area contributed by atoms with Crippen molar-refractivity contribution in [2.45, 2.75) is 52.8 Å². The largest absolute Gasteiger partial charge is 0.391 e. The van der Waals surface area contributed by atoms with E-state index in [1.54, 1.807) is 0 Å². The second-order valence-corrected chi connectivity index (χ2v) is 7.27. The van der Waals surface area contributed by atoms with E-state index >= 15 is 0 Å². The second kappa shape index (κ2) is 7.26. The maximum Gasteiger partial charge on any atom is 0.0786 e. The lowest BCUT2D eigenvalue weighted by atomic mass is 9.72. The van der Waals surface area contributed by atoms with Crippen molar-refractivity contribution in [3.05, 3.63) is 61.2 Å². The van der Waals surface area contributed by atoms with Crippen molar-refractivity contribution in [2.24, 2.45) is 10.8 Å². The Morgan fingerprint density at radius 1 is 1.00 bits per heavy atom. The van der Waals surface area contributed by atoms with Gasteiger partial charge < -0.3 is 10.4 Å². The summed E-state index contributed by atoms with van der Waals surface area (Å²) in [5, 5.41) is 14.5. The maximum atomic E-state index is 10.9. The third-order valence-corrected chi connectivity index (χ3v) is 4.66. The van der Waals surface area contributed by atoms with Crippen LogP contribution in [0.5, 0.6) is 0 Å². The fraction of sp³-hybridized carbons (Fsp3) is 0.500. The second-order valence-electron chi connectivity index (χ2n) is 7.27. The molecule has 2 nitrogen and oxygen atoms in total. The molecule has 0 bridgehead atoms. The van der Waals surface area contributed by atoms with Gasteiger partial charge in [-0.1, -0.05) is 70.2 Å². The molecule has 0 radical (unpaired) electrons. The van der Waals surface area contributed by atoms with Gasteiger partial charge in [0.25, 0.3) is 0 Å². The Morgan fingerprint density at radius 2 is 1.50 bits per heavy atom. The molecule has 2 heteroatoms. The van der Waals surface area contributed by atoms with Crippen LogP contribution in [0.25, 0.3) is 0 Å². The molecule has 122 valence electrons. The summed E-state index contributed by atoms with van der Waals surface area (Å²) in [5.41, 5.74) is 0.577. The molecule has 0 fully saturated rings. The zero-order valence-corrected chi connectivity index (χ0v) is 14.6. The first kappa shape index (κ1) is 18.7. The molecule has 0 unspecified atom stereocenters. The molecule has 1 rings (SSSR count). The summed E-state index contributed by atoms with van der Waals surface area (Å²) in [7, 11) is 0. The van der Waals surface area contributed by atoms with E-state index in [1.807, 2.05) is 44.2 Å². The molecule has 2 N–H and O–H groups in total. The number of nitrogens with one attached hydrogen (secondary N) is 1. The lowest BCUT2D eigenvalue weighted by Crippen LogP contribution is -2.54. The van der Waals surface area contributed by atoms with Crippen molar-refractivity contribution < 1.29 is 5.11 Å². The number of aliphatic hydroxyl groups excluding tert-OH is 1. The van der Waals surface area contributed by atoms with Gasteiger partial charge in [0.05, 0.1) is 6.10 Å². The van der Waals surface area contributed by atoms with Crippen LogP contribution in [0.2, 0.25) is 0 Å². The summed E-state index contributed by atoms with van der Waals surface area (Å²) in [4.78, 5) is 0. The van der Waals surface area contributed by atoms with Gasteiger partial charge in [0.15, 0.2) is 0 Å². The van der Waals surface area contributed by atoms with Gasteiger partial charge in [0, 0.05) is 22.9 Å². The Labute approximate surface area is 136 Å². The Balaban J connectivity index is 3.07. The average molecular weight is 301 g/mol. The molecule has 0 saturated heterocycles. The van der Waals surface area contributed by atoms with Gasteiger partial charge in [-0.3, -0.25) is 0 Å². The quantitative estimate of drug-likeness (QED) is 0.693. The molecular weight excluding hydrogens is 270 g/mol. The molecule has 0 saturated carbocycles. The Kier molecular flexibility index (Phi) is 6.16. The van der Waals surface area contributed by atoms with Crippen LogP contribution in [0.15, 0.2) is 55.6 Å². The van der Waals surface area contributed by atoms with Crippen molar-refractivity contribution >= 4 is 0 Å². The van der Waals surface area contributed by atoms with Gasteiger partial charge >= 0.3 is 0 Å². The third kappa shape index (κ3) is 4.31. The van der Waals surface area contributed by atoms with Crippen molar-refractivity contribution in [3.8, 4) is 0 Å². The van der Waals surface area contributed by atoms with Crippen molar-refractivity contribution in [1.29, 1.82) is 0 Å². The van der Waals surface area contributed by atoms with Crippen LogP contribution >= 0.6 is 0 Å². The molecule has 0 spiro atoms. The number of rotatable bonds is 8. The van der Waals surface area contributed by atoms with E-state index in [0.717, 1.165) is 0 Å². The predicted octanol–water partition coefficient (Wildman–Crippen LogP) is 4.49. The highest BCUT2D eigenvalue weighted by molar-refractivity contribution is 5.19. The number of aliphatic hydroxyl groups is 1. The lowest BCUT2D eigenvalue weighted by Gasteiger charge is -2.43. The highest BCUT2D eigenvalue weighted by atomic mass is 16.3. The Hall–Kier alpha value is -1.38. The normalized spacial score (nSPS) is 16.6. The predicted molar refractivity (Wildman–Crippen MR) is 95.7 cm³/mol. The summed E-state index contributed by atoms with van der Waals surface area (Å²) in [6.45, 7) is 18.1. The third-order valence-electron chi connectivity index (χ3n) is 4.66. The van der Waals surface area contributed by atoms with Crippen LogP contribution in [0, 0.1) is 10.8 Å². The fourth-order valence-electron chi connectivity index (χ4n) is 2.50. The first-order valence-electron chi connectivity index (χ1n) is 7.92. The van der Waals surface area contributed by atoms with Gasteiger partial charge in [-0.15, -0.1) is 13.2 Å². The molecule has 0 aliphatic heterocycles. The van der Waals surface area contributed by atoms with Crippen LogP contribution in [-0.2, 0) is 0 Å². The molecule has 0 heterocycles. The molecule has 1 aromatic rings. The molecular formula is C20H31NO. The zero-order valence-electron chi connectivity index (χ0n) is 14.6. The van der Waals surface area contributed by atoms with Crippen LogP contribution in [-0.4, -0.2) is 17.3 Å². The monoisotopic (exact) mass is 301 g/mol. The smallest absolute Gasteiger partial charge is 0.0786 e. The van der Waals surface area contributed by atoms with Gasteiger partial charge in [0.2, 0.25) is 0 Å². The molecule has 3 atom stereocenters. The van der Waals surface area contributed by atoms with E-state index in [1.165, 1.54) is 5.56 Å². The molecule has 1 aromatic carbocycles. The van der Waals surface area contributed by atoms with Crippen LogP contribution in [0.3, 0.4) is 0 Å². The van der Waals surface area contributed by atoms with Crippen LogP contribution in [0.1, 0.15) is 46.2 Å². The topological polar surface area (TPSA) is 32.3 Å². The van der Waals surface area contributed by atoms with Crippen LogP contribution in [0.4, 0.5) is 0 Å². The fourth-order valence-corrected chi connectivity index (χ4v) is 2.50. The van der Waals surface area contributed by atoms with Gasteiger partial charge in [-0.2, -0.15) is 0 Å². The van der Waals surface area contributed by atoms with Gasteiger partial charge in [-0.05, 0) is 12.5 Å². The summed E-state index contributed by atoms with van der Waals surface area (Å²) in [6.07, 6.45) is 3.16. The zero-order chi connectivity index (χ0) is 17.0. The average Bonchev–Trinajstić information content (AvgIpc) is 2.52. The van der Waals surface area contributed by atoms with Gasteiger partial charge in [0.1, 0.15) is 0 Å². The van der Waals surface area contributed by atoms with E-state index in [-0.39, 0.29) is 22.9 Å². The first-order chi connectivity index (χ1) is 10.2. The van der Waals surface area contributed by atoms with Crippen LogP contribution < -0.4 is 5.32 Å². The minimum Gasteiger partial charge on any atom is -0.391 e. The van der Waals surface area contributed by atoms with E-state index in [4.69, 9.17) is 0 Å². The number of benzene rings is 1. The minimum atomic E-state index is -0.566. The highest BCUT2D eigenvalue weighted by Crippen LogP contribution is 2.34. The maximum absolute atomic E-state index is 10.9. The van der Waals surface area contributed by atoms with E-state index < -0.39 is 6.10 Å². The van der Waals surface area contributed by atoms with E-state index in [0.29, 0.717) is 0 Å². The SMILES string of the molecule is C=CC(C)(C)[C@@H](O)[C@H](N[C@@H](C)c1ccccc1)C(C)(C)C=C. The summed E-state index contributed by atoms with van der Waals surface area (Å²) in [6, 6.07) is 10.3. The minimum absolute atomic E-state index is 0.131.